The highest BCUT2D eigenvalue weighted by Crippen LogP contribution is 2.37. The van der Waals surface area contributed by atoms with Crippen molar-refractivity contribution in [2.24, 2.45) is 5.73 Å². The highest BCUT2D eigenvalue weighted by atomic mass is 32.1. The van der Waals surface area contributed by atoms with E-state index >= 15 is 0 Å². The van der Waals surface area contributed by atoms with Gasteiger partial charge in [0.25, 0.3) is 0 Å². The molecule has 1 fully saturated rings. The van der Waals surface area contributed by atoms with Gasteiger partial charge in [0, 0.05) is 16.8 Å². The fourth-order valence-electron chi connectivity index (χ4n) is 1.38. The van der Waals surface area contributed by atoms with Gasteiger partial charge in [-0.3, -0.25) is 0 Å². The summed E-state index contributed by atoms with van der Waals surface area (Å²) in [7, 11) is 0. The van der Waals surface area contributed by atoms with Gasteiger partial charge < -0.3 is 5.73 Å². The van der Waals surface area contributed by atoms with Crippen molar-refractivity contribution in [1.29, 1.82) is 0 Å². The summed E-state index contributed by atoms with van der Waals surface area (Å²) in [4.78, 5) is 1.47. The number of hydrogen-bond acceptors (Lipinski definition) is 2. The minimum atomic E-state index is 0.443. The summed E-state index contributed by atoms with van der Waals surface area (Å²) in [6.45, 7) is 0. The first-order valence-corrected chi connectivity index (χ1v) is 4.55. The molecule has 0 saturated heterocycles. The van der Waals surface area contributed by atoms with Crippen LogP contribution in [0, 0.1) is 0 Å². The first kappa shape index (κ1) is 6.38. The third-order valence-electron chi connectivity index (χ3n) is 2.24. The molecule has 10 heavy (non-hydrogen) atoms. The van der Waals surface area contributed by atoms with E-state index in [4.69, 9.17) is 5.73 Å². The minimum absolute atomic E-state index is 0.443. The van der Waals surface area contributed by atoms with Crippen molar-refractivity contribution >= 4 is 11.3 Å². The van der Waals surface area contributed by atoms with Crippen LogP contribution in [0.2, 0.25) is 0 Å². The standard InChI is InChI=1S/C8H11NS/c9-7-4-3-6(7)8-2-1-5-10-8/h1-2,5-7H,3-4,9H2. The van der Waals surface area contributed by atoms with E-state index in [9.17, 15) is 0 Å². The first-order valence-electron chi connectivity index (χ1n) is 3.67. The van der Waals surface area contributed by atoms with Crippen LogP contribution in [-0.2, 0) is 0 Å². The fourth-order valence-corrected chi connectivity index (χ4v) is 2.32. The van der Waals surface area contributed by atoms with Gasteiger partial charge in [0.2, 0.25) is 0 Å². The van der Waals surface area contributed by atoms with Crippen LogP contribution in [0.1, 0.15) is 23.6 Å². The van der Waals surface area contributed by atoms with Gasteiger partial charge in [0.05, 0.1) is 0 Å². The molecule has 2 heteroatoms. The molecule has 1 aromatic heterocycles. The van der Waals surface area contributed by atoms with Crippen molar-refractivity contribution in [3.63, 3.8) is 0 Å². The highest BCUT2D eigenvalue weighted by Gasteiger charge is 2.29. The Balaban J connectivity index is 2.14. The molecule has 54 valence electrons. The zero-order valence-corrected chi connectivity index (χ0v) is 6.60. The van der Waals surface area contributed by atoms with Gasteiger partial charge in [0.15, 0.2) is 0 Å². The predicted octanol–water partition coefficient (Wildman–Crippen LogP) is 1.95. The Bertz CT molecular complexity index is 205. The normalized spacial score (nSPS) is 31.7. The van der Waals surface area contributed by atoms with Crippen LogP contribution in [-0.4, -0.2) is 6.04 Å². The van der Waals surface area contributed by atoms with E-state index in [1.54, 1.807) is 0 Å². The largest absolute Gasteiger partial charge is 0.327 e. The summed E-state index contributed by atoms with van der Waals surface area (Å²) in [5.41, 5.74) is 5.82. The number of hydrogen-bond donors (Lipinski definition) is 1. The van der Waals surface area contributed by atoms with Crippen LogP contribution in [0.25, 0.3) is 0 Å². The van der Waals surface area contributed by atoms with Crippen molar-refractivity contribution in [3.8, 4) is 0 Å². The molecule has 0 radical (unpaired) electrons. The first-order chi connectivity index (χ1) is 4.88. The van der Waals surface area contributed by atoms with Crippen LogP contribution >= 0.6 is 11.3 Å². The third-order valence-corrected chi connectivity index (χ3v) is 3.24. The molecule has 0 spiro atoms. The van der Waals surface area contributed by atoms with Gasteiger partial charge in [0.1, 0.15) is 0 Å². The van der Waals surface area contributed by atoms with Gasteiger partial charge in [-0.25, -0.2) is 0 Å². The quantitative estimate of drug-likeness (QED) is 0.655. The molecule has 1 saturated carbocycles. The monoisotopic (exact) mass is 153 g/mol. The molecule has 2 unspecified atom stereocenters. The summed E-state index contributed by atoms with van der Waals surface area (Å²) in [6.07, 6.45) is 2.50. The van der Waals surface area contributed by atoms with Crippen molar-refractivity contribution in [3.05, 3.63) is 22.4 Å². The van der Waals surface area contributed by atoms with Gasteiger partial charge in [-0.05, 0) is 24.3 Å². The Morgan fingerprint density at radius 1 is 1.50 bits per heavy atom. The van der Waals surface area contributed by atoms with Gasteiger partial charge in [-0.1, -0.05) is 6.07 Å². The molecule has 2 rings (SSSR count). The molecular weight excluding hydrogens is 142 g/mol. The molecule has 0 aromatic carbocycles. The van der Waals surface area contributed by atoms with Gasteiger partial charge in [-0.2, -0.15) is 0 Å². The average molecular weight is 153 g/mol. The molecule has 1 aliphatic rings. The lowest BCUT2D eigenvalue weighted by molar-refractivity contribution is 0.351. The lowest BCUT2D eigenvalue weighted by Crippen LogP contribution is -2.36. The van der Waals surface area contributed by atoms with Crippen LogP contribution < -0.4 is 5.73 Å². The van der Waals surface area contributed by atoms with Crippen LogP contribution in [0.3, 0.4) is 0 Å². The maximum absolute atomic E-state index is 5.82. The van der Waals surface area contributed by atoms with Gasteiger partial charge in [-0.15, -0.1) is 11.3 Å². The molecule has 1 nitrogen and oxygen atoms in total. The second kappa shape index (κ2) is 2.36. The van der Waals surface area contributed by atoms with Crippen molar-refractivity contribution in [2.45, 2.75) is 24.8 Å². The Kier molecular flexibility index (Phi) is 1.51. The molecule has 2 atom stereocenters. The maximum atomic E-state index is 5.82. The Morgan fingerprint density at radius 2 is 2.40 bits per heavy atom. The van der Waals surface area contributed by atoms with E-state index in [0.29, 0.717) is 12.0 Å². The summed E-state index contributed by atoms with van der Waals surface area (Å²) < 4.78 is 0. The van der Waals surface area contributed by atoms with Crippen LogP contribution in [0.15, 0.2) is 17.5 Å². The third kappa shape index (κ3) is 0.879. The van der Waals surface area contributed by atoms with E-state index in [0.717, 1.165) is 0 Å². The van der Waals surface area contributed by atoms with E-state index < -0.39 is 0 Å². The Labute approximate surface area is 64.9 Å². The van der Waals surface area contributed by atoms with E-state index in [-0.39, 0.29) is 0 Å². The van der Waals surface area contributed by atoms with Crippen molar-refractivity contribution in [2.75, 3.05) is 0 Å². The average Bonchev–Trinajstić information content (AvgIpc) is 2.37. The molecular formula is C8H11NS. The van der Waals surface area contributed by atoms with Crippen LogP contribution in [0.4, 0.5) is 0 Å². The predicted molar refractivity (Wildman–Crippen MR) is 44.3 cm³/mol. The second-order valence-corrected chi connectivity index (χ2v) is 3.84. The number of thiophene rings is 1. The minimum Gasteiger partial charge on any atom is -0.327 e. The summed E-state index contributed by atoms with van der Waals surface area (Å²) in [5.74, 6) is 0.681. The Hall–Kier alpha value is -0.340. The Morgan fingerprint density at radius 3 is 2.80 bits per heavy atom. The molecule has 0 bridgehead atoms. The molecule has 1 aromatic rings. The van der Waals surface area contributed by atoms with E-state index in [1.807, 2.05) is 11.3 Å². The topological polar surface area (TPSA) is 26.0 Å². The lowest BCUT2D eigenvalue weighted by Gasteiger charge is -2.32. The van der Waals surface area contributed by atoms with Crippen molar-refractivity contribution < 1.29 is 0 Å². The van der Waals surface area contributed by atoms with E-state index in [2.05, 4.69) is 17.5 Å². The smallest absolute Gasteiger partial charge is 0.0116 e. The summed E-state index contributed by atoms with van der Waals surface area (Å²) >= 11 is 1.83. The maximum Gasteiger partial charge on any atom is 0.0116 e. The lowest BCUT2D eigenvalue weighted by atomic mass is 9.79. The molecule has 0 aliphatic heterocycles. The molecule has 2 N–H and O–H groups in total. The summed E-state index contributed by atoms with van der Waals surface area (Å²) in [6, 6.07) is 4.73. The fraction of sp³-hybridized carbons (Fsp3) is 0.500. The number of rotatable bonds is 1. The molecule has 0 amide bonds. The second-order valence-electron chi connectivity index (χ2n) is 2.86. The van der Waals surface area contributed by atoms with E-state index in [1.165, 1.54) is 17.7 Å². The zero-order valence-electron chi connectivity index (χ0n) is 5.79. The number of nitrogens with two attached hydrogens (primary N) is 1. The SMILES string of the molecule is NC1CCC1c1cccs1. The van der Waals surface area contributed by atoms with Crippen molar-refractivity contribution in [1.82, 2.24) is 0 Å². The summed E-state index contributed by atoms with van der Waals surface area (Å²) in [5, 5.41) is 2.13. The highest BCUT2D eigenvalue weighted by molar-refractivity contribution is 7.10. The zero-order chi connectivity index (χ0) is 6.97. The molecule has 1 heterocycles. The molecule has 1 aliphatic carbocycles. The van der Waals surface area contributed by atoms with Gasteiger partial charge >= 0.3 is 0 Å². The van der Waals surface area contributed by atoms with Crippen LogP contribution in [0.5, 0.6) is 0 Å².